The van der Waals surface area contributed by atoms with Gasteiger partial charge in [0.15, 0.2) is 0 Å². The maximum Gasteiger partial charge on any atom is 0.240 e. The highest BCUT2D eigenvalue weighted by Crippen LogP contribution is 2.55. The monoisotopic (exact) mass is 403 g/mol. The number of aryl methyl sites for hydroxylation is 1. The Hall–Kier alpha value is -1.34. The Kier molecular flexibility index (Phi) is 5.10. The van der Waals surface area contributed by atoms with Crippen molar-refractivity contribution in [2.24, 2.45) is 0 Å². The van der Waals surface area contributed by atoms with Crippen molar-refractivity contribution >= 4 is 21.8 Å². The lowest BCUT2D eigenvalue weighted by Gasteiger charge is -2.43. The van der Waals surface area contributed by atoms with Gasteiger partial charge < -0.3 is 5.11 Å². The van der Waals surface area contributed by atoms with Crippen LogP contribution in [0.25, 0.3) is 0 Å². The zero-order valence-electron chi connectivity index (χ0n) is 15.5. The van der Waals surface area contributed by atoms with Crippen LogP contribution in [0.4, 0.5) is 0 Å². The normalized spacial score (nSPS) is 18.1. The van der Waals surface area contributed by atoms with Crippen molar-refractivity contribution < 1.29 is 13.5 Å². The number of aliphatic hydroxyl groups is 1. The van der Waals surface area contributed by atoms with E-state index in [-0.39, 0.29) is 18.6 Å². The van der Waals surface area contributed by atoms with Gasteiger partial charge in [-0.1, -0.05) is 55.3 Å². The van der Waals surface area contributed by atoms with E-state index < -0.39 is 10.0 Å². The summed E-state index contributed by atoms with van der Waals surface area (Å²) in [5.74, 6) is 0. The zero-order valence-corrected chi connectivity index (χ0v) is 17.1. The predicted molar refractivity (Wildman–Crippen MR) is 108 cm³/mol. The lowest BCUT2D eigenvalue weighted by atomic mass is 9.65. The fourth-order valence-corrected chi connectivity index (χ4v) is 7.23. The number of fused-ring (bicyclic) bond motifs is 4. The van der Waals surface area contributed by atoms with Crippen molar-refractivity contribution in [1.82, 2.24) is 4.72 Å². The highest BCUT2D eigenvalue weighted by molar-refractivity contribution is 7.99. The molecule has 27 heavy (non-hydrogen) atoms. The molecule has 1 spiro atoms. The summed E-state index contributed by atoms with van der Waals surface area (Å²) in [6, 6.07) is 12.5. The van der Waals surface area contributed by atoms with Crippen LogP contribution in [0.15, 0.2) is 51.1 Å². The Morgan fingerprint density at radius 3 is 2.56 bits per heavy atom. The quantitative estimate of drug-likeness (QED) is 0.810. The first kappa shape index (κ1) is 19.0. The van der Waals surface area contributed by atoms with Crippen LogP contribution in [-0.4, -0.2) is 26.7 Å². The zero-order chi connectivity index (χ0) is 19.1. The lowest BCUT2D eigenvalue weighted by molar-refractivity contribution is 0.301. The van der Waals surface area contributed by atoms with Crippen LogP contribution in [0, 0.1) is 6.92 Å². The van der Waals surface area contributed by atoms with Gasteiger partial charge in [-0.2, -0.15) is 0 Å². The molecular weight excluding hydrogens is 378 g/mol. The van der Waals surface area contributed by atoms with E-state index in [1.54, 1.807) is 11.8 Å². The third kappa shape index (κ3) is 3.23. The van der Waals surface area contributed by atoms with Gasteiger partial charge in [0.25, 0.3) is 0 Å². The third-order valence-electron chi connectivity index (χ3n) is 5.82. The molecule has 0 aromatic heterocycles. The molecule has 1 aliphatic heterocycles. The molecule has 2 aromatic carbocycles. The standard InChI is InChI=1S/C21H25NO3S2/c1-15-13-17-19(14-20(15)27(24,25)22-11-12-23)26-18-8-4-3-7-16(18)21(17)9-5-2-6-10-21/h3-4,7-8,13-14,22-23H,2,5-6,9-12H2,1H3. The van der Waals surface area contributed by atoms with Crippen molar-refractivity contribution in [3.8, 4) is 0 Å². The predicted octanol–water partition coefficient (Wildman–Crippen LogP) is 3.98. The molecule has 4 nitrogen and oxygen atoms in total. The van der Waals surface area contributed by atoms with Crippen LogP contribution in [-0.2, 0) is 15.4 Å². The molecule has 144 valence electrons. The lowest BCUT2D eigenvalue weighted by Crippen LogP contribution is -2.34. The minimum absolute atomic E-state index is 0.000998. The van der Waals surface area contributed by atoms with E-state index in [1.807, 2.05) is 13.0 Å². The van der Waals surface area contributed by atoms with Gasteiger partial charge in [0.1, 0.15) is 0 Å². The molecule has 1 heterocycles. The highest BCUT2D eigenvalue weighted by atomic mass is 32.2. The number of benzene rings is 2. The van der Waals surface area contributed by atoms with E-state index >= 15 is 0 Å². The smallest absolute Gasteiger partial charge is 0.240 e. The molecule has 2 aromatic rings. The Labute approximate surface area is 165 Å². The van der Waals surface area contributed by atoms with Crippen molar-refractivity contribution in [1.29, 1.82) is 0 Å². The molecule has 1 saturated carbocycles. The molecule has 2 N–H and O–H groups in total. The summed E-state index contributed by atoms with van der Waals surface area (Å²) in [7, 11) is -3.63. The van der Waals surface area contributed by atoms with E-state index in [1.165, 1.54) is 35.3 Å². The van der Waals surface area contributed by atoms with Crippen LogP contribution < -0.4 is 4.72 Å². The van der Waals surface area contributed by atoms with Gasteiger partial charge in [-0.3, -0.25) is 0 Å². The Balaban J connectivity index is 1.88. The number of rotatable bonds is 4. The molecule has 0 amide bonds. The summed E-state index contributed by atoms with van der Waals surface area (Å²) >= 11 is 1.67. The summed E-state index contributed by atoms with van der Waals surface area (Å²) < 4.78 is 27.8. The van der Waals surface area contributed by atoms with Gasteiger partial charge in [-0.25, -0.2) is 13.1 Å². The SMILES string of the molecule is Cc1cc2c(cc1S(=O)(=O)NCCO)Sc1ccccc1C21CCCCC1. The molecule has 1 fully saturated rings. The highest BCUT2D eigenvalue weighted by Gasteiger charge is 2.42. The van der Waals surface area contributed by atoms with Crippen molar-refractivity contribution in [3.63, 3.8) is 0 Å². The average Bonchev–Trinajstić information content (AvgIpc) is 2.68. The first-order valence-corrected chi connectivity index (χ1v) is 11.8. The number of hydrogen-bond acceptors (Lipinski definition) is 4. The minimum Gasteiger partial charge on any atom is -0.395 e. The molecule has 1 aliphatic carbocycles. The summed E-state index contributed by atoms with van der Waals surface area (Å²) in [5.41, 5.74) is 3.45. The fraction of sp³-hybridized carbons (Fsp3) is 0.429. The average molecular weight is 404 g/mol. The number of nitrogens with one attached hydrogen (secondary N) is 1. The van der Waals surface area contributed by atoms with Crippen LogP contribution in [0.5, 0.6) is 0 Å². The van der Waals surface area contributed by atoms with E-state index in [0.717, 1.165) is 23.3 Å². The van der Waals surface area contributed by atoms with E-state index in [2.05, 4.69) is 35.1 Å². The molecule has 0 saturated heterocycles. The van der Waals surface area contributed by atoms with E-state index in [4.69, 9.17) is 5.11 Å². The number of aliphatic hydroxyl groups excluding tert-OH is 1. The Morgan fingerprint density at radius 2 is 1.81 bits per heavy atom. The second-order valence-electron chi connectivity index (χ2n) is 7.48. The third-order valence-corrected chi connectivity index (χ3v) is 8.55. The Morgan fingerprint density at radius 1 is 1.07 bits per heavy atom. The molecule has 0 bridgehead atoms. The van der Waals surface area contributed by atoms with E-state index in [0.29, 0.717) is 4.90 Å². The molecule has 4 rings (SSSR count). The van der Waals surface area contributed by atoms with Gasteiger partial charge in [0, 0.05) is 21.8 Å². The summed E-state index contributed by atoms with van der Waals surface area (Å²) in [5, 5.41) is 8.98. The molecule has 0 unspecified atom stereocenters. The minimum atomic E-state index is -3.63. The first-order chi connectivity index (χ1) is 13.0. The molecular formula is C21H25NO3S2. The second-order valence-corrected chi connectivity index (χ2v) is 10.3. The van der Waals surface area contributed by atoms with Crippen molar-refractivity contribution in [2.75, 3.05) is 13.2 Å². The van der Waals surface area contributed by atoms with E-state index in [9.17, 15) is 8.42 Å². The van der Waals surface area contributed by atoms with Gasteiger partial charge >= 0.3 is 0 Å². The van der Waals surface area contributed by atoms with Crippen LogP contribution in [0.2, 0.25) is 0 Å². The summed E-state index contributed by atoms with van der Waals surface area (Å²) in [6.07, 6.45) is 5.91. The molecule has 2 aliphatic rings. The Bertz CT molecular complexity index is 963. The summed E-state index contributed by atoms with van der Waals surface area (Å²) in [6.45, 7) is 1.68. The van der Waals surface area contributed by atoms with Gasteiger partial charge in [0.05, 0.1) is 11.5 Å². The van der Waals surface area contributed by atoms with Gasteiger partial charge in [0.2, 0.25) is 10.0 Å². The number of sulfonamides is 1. The second kappa shape index (κ2) is 7.24. The van der Waals surface area contributed by atoms with Gasteiger partial charge in [-0.15, -0.1) is 0 Å². The molecule has 0 atom stereocenters. The van der Waals surface area contributed by atoms with Crippen molar-refractivity contribution in [2.45, 2.75) is 59.1 Å². The summed E-state index contributed by atoms with van der Waals surface area (Å²) in [4.78, 5) is 2.60. The maximum absolute atomic E-state index is 12.7. The van der Waals surface area contributed by atoms with Gasteiger partial charge in [-0.05, 0) is 48.6 Å². The molecule has 6 heteroatoms. The van der Waals surface area contributed by atoms with Crippen LogP contribution in [0.3, 0.4) is 0 Å². The largest absolute Gasteiger partial charge is 0.395 e. The maximum atomic E-state index is 12.7. The molecule has 0 radical (unpaired) electrons. The van der Waals surface area contributed by atoms with Crippen molar-refractivity contribution in [3.05, 3.63) is 53.1 Å². The first-order valence-electron chi connectivity index (χ1n) is 9.51. The van der Waals surface area contributed by atoms with Crippen LogP contribution in [0.1, 0.15) is 48.8 Å². The number of hydrogen-bond donors (Lipinski definition) is 2. The van der Waals surface area contributed by atoms with Crippen LogP contribution >= 0.6 is 11.8 Å². The topological polar surface area (TPSA) is 66.4 Å². The fourth-order valence-electron chi connectivity index (χ4n) is 4.58.